The van der Waals surface area contributed by atoms with E-state index in [1.54, 1.807) is 6.07 Å². The normalized spacial score (nSPS) is 16.5. The first-order valence-corrected chi connectivity index (χ1v) is 10.0. The van der Waals surface area contributed by atoms with Crippen LogP contribution < -0.4 is 24.3 Å². The van der Waals surface area contributed by atoms with Gasteiger partial charge in [-0.2, -0.15) is 0 Å². The third-order valence-electron chi connectivity index (χ3n) is 4.73. The number of amides is 1. The van der Waals surface area contributed by atoms with Gasteiger partial charge in [0, 0.05) is 11.3 Å². The third-order valence-corrected chi connectivity index (χ3v) is 5.80. The Hall–Kier alpha value is -3.26. The molecule has 2 aliphatic heterocycles. The molecule has 3 heterocycles. The van der Waals surface area contributed by atoms with Crippen LogP contribution in [0.3, 0.4) is 0 Å². The minimum Gasteiger partial charge on any atom is -0.485 e. The van der Waals surface area contributed by atoms with Crippen molar-refractivity contribution >= 4 is 22.4 Å². The Morgan fingerprint density at radius 2 is 1.90 bits per heavy atom. The molecule has 1 amide bonds. The van der Waals surface area contributed by atoms with E-state index in [1.165, 1.54) is 11.3 Å². The predicted octanol–water partition coefficient (Wildman–Crippen LogP) is 3.55. The van der Waals surface area contributed by atoms with Gasteiger partial charge in [0.2, 0.25) is 12.9 Å². The molecule has 8 heteroatoms. The molecule has 29 heavy (non-hydrogen) atoms. The number of nitrogens with zero attached hydrogens (tertiary/aromatic N) is 1. The van der Waals surface area contributed by atoms with Gasteiger partial charge in [-0.15, -0.1) is 11.3 Å². The molecule has 148 valence electrons. The van der Waals surface area contributed by atoms with Gasteiger partial charge in [0.15, 0.2) is 28.1 Å². The van der Waals surface area contributed by atoms with Crippen LogP contribution in [0.1, 0.15) is 16.1 Å². The second-order valence-electron chi connectivity index (χ2n) is 6.75. The quantitative estimate of drug-likeness (QED) is 0.709. The highest BCUT2D eigenvalue weighted by Gasteiger charge is 2.28. The predicted molar refractivity (Wildman–Crippen MR) is 107 cm³/mol. The topological polar surface area (TPSA) is 78.9 Å². The summed E-state index contributed by atoms with van der Waals surface area (Å²) in [7, 11) is 0. The van der Waals surface area contributed by atoms with Gasteiger partial charge >= 0.3 is 0 Å². The number of para-hydroxylation sites is 2. The number of nitrogens with one attached hydrogen (secondary N) is 1. The fraction of sp³-hybridized carbons (Fsp3) is 0.238. The maximum absolute atomic E-state index is 12.6. The van der Waals surface area contributed by atoms with Gasteiger partial charge in [0.1, 0.15) is 6.61 Å². The maximum Gasteiger partial charge on any atom is 0.270 e. The van der Waals surface area contributed by atoms with Crippen molar-refractivity contribution in [1.82, 2.24) is 4.98 Å². The Kier molecular flexibility index (Phi) is 4.48. The van der Waals surface area contributed by atoms with Crippen molar-refractivity contribution in [1.29, 1.82) is 0 Å². The molecule has 7 nitrogen and oxygen atoms in total. The van der Waals surface area contributed by atoms with Crippen molar-refractivity contribution in [3.8, 4) is 23.0 Å². The first-order chi connectivity index (χ1) is 14.2. The van der Waals surface area contributed by atoms with Gasteiger partial charge in [-0.3, -0.25) is 10.1 Å². The molecule has 0 saturated carbocycles. The first kappa shape index (κ1) is 17.8. The average molecular weight is 410 g/mol. The van der Waals surface area contributed by atoms with E-state index in [4.69, 9.17) is 18.9 Å². The Morgan fingerprint density at radius 1 is 1.10 bits per heavy atom. The van der Waals surface area contributed by atoms with Gasteiger partial charge in [-0.1, -0.05) is 18.2 Å². The number of ether oxygens (including phenoxy) is 4. The zero-order chi connectivity index (χ0) is 19.8. The van der Waals surface area contributed by atoms with Crippen molar-refractivity contribution in [2.45, 2.75) is 19.4 Å². The van der Waals surface area contributed by atoms with Gasteiger partial charge in [-0.25, -0.2) is 4.98 Å². The number of thiazole rings is 1. The van der Waals surface area contributed by atoms with E-state index in [1.807, 2.05) is 43.3 Å². The van der Waals surface area contributed by atoms with E-state index in [0.717, 1.165) is 27.6 Å². The van der Waals surface area contributed by atoms with Crippen molar-refractivity contribution in [2.75, 3.05) is 18.7 Å². The highest BCUT2D eigenvalue weighted by molar-refractivity contribution is 7.15. The molecule has 0 unspecified atom stereocenters. The minimum atomic E-state index is -0.716. The average Bonchev–Trinajstić information content (AvgIpc) is 3.33. The van der Waals surface area contributed by atoms with Crippen LogP contribution in [0.4, 0.5) is 5.13 Å². The van der Waals surface area contributed by atoms with E-state index in [0.29, 0.717) is 23.1 Å². The number of carbonyl (C=O) groups excluding carboxylic acids is 1. The molecule has 1 N–H and O–H groups in total. The Labute approximate surface area is 171 Å². The molecule has 0 bridgehead atoms. The van der Waals surface area contributed by atoms with E-state index in [9.17, 15) is 4.79 Å². The molecule has 2 aromatic carbocycles. The Morgan fingerprint density at radius 3 is 2.79 bits per heavy atom. The smallest absolute Gasteiger partial charge is 0.270 e. The van der Waals surface area contributed by atoms with Crippen LogP contribution in [0.5, 0.6) is 23.0 Å². The fourth-order valence-electron chi connectivity index (χ4n) is 3.22. The number of aromatic nitrogens is 1. The third kappa shape index (κ3) is 3.58. The number of aryl methyl sites for hydroxylation is 1. The van der Waals surface area contributed by atoms with Crippen molar-refractivity contribution in [3.05, 3.63) is 58.6 Å². The summed E-state index contributed by atoms with van der Waals surface area (Å²) in [6.45, 7) is 2.36. The largest absolute Gasteiger partial charge is 0.485 e. The first-order valence-electron chi connectivity index (χ1n) is 9.20. The van der Waals surface area contributed by atoms with E-state index in [2.05, 4.69) is 10.3 Å². The minimum absolute atomic E-state index is 0.164. The van der Waals surface area contributed by atoms with Crippen LogP contribution in [0.2, 0.25) is 0 Å². The van der Waals surface area contributed by atoms with Crippen molar-refractivity contribution in [3.63, 3.8) is 0 Å². The molecular weight excluding hydrogens is 392 g/mol. The van der Waals surface area contributed by atoms with E-state index < -0.39 is 6.10 Å². The molecular formula is C21H18N2O5S. The zero-order valence-corrected chi connectivity index (χ0v) is 16.5. The van der Waals surface area contributed by atoms with Crippen LogP contribution in [0, 0.1) is 6.92 Å². The van der Waals surface area contributed by atoms with Gasteiger partial charge in [0.05, 0.1) is 5.69 Å². The van der Waals surface area contributed by atoms with Crippen LogP contribution >= 0.6 is 11.3 Å². The Bertz CT molecular complexity index is 1080. The number of hydrogen-bond acceptors (Lipinski definition) is 7. The number of fused-ring (bicyclic) bond motifs is 2. The lowest BCUT2D eigenvalue weighted by Gasteiger charge is -2.25. The highest BCUT2D eigenvalue weighted by Crippen LogP contribution is 2.35. The molecule has 2 aliphatic rings. The molecule has 0 spiro atoms. The van der Waals surface area contributed by atoms with Crippen molar-refractivity contribution in [2.24, 2.45) is 0 Å². The molecule has 0 fully saturated rings. The monoisotopic (exact) mass is 410 g/mol. The van der Waals surface area contributed by atoms with Crippen LogP contribution in [-0.4, -0.2) is 30.4 Å². The lowest BCUT2D eigenvalue weighted by atomic mass is 10.1. The summed E-state index contributed by atoms with van der Waals surface area (Å²) < 4.78 is 22.2. The summed E-state index contributed by atoms with van der Waals surface area (Å²) in [5.74, 6) is 2.46. The van der Waals surface area contributed by atoms with Gasteiger partial charge in [-0.05, 0) is 36.8 Å². The summed E-state index contributed by atoms with van der Waals surface area (Å²) in [4.78, 5) is 18.2. The Balaban J connectivity index is 1.26. The number of carbonyl (C=O) groups is 1. The SMILES string of the molecule is Cc1nc(NC(=O)[C@H]2COc3ccccc3O2)sc1Cc1ccc2c(c1)OCO2. The second kappa shape index (κ2) is 7.29. The molecule has 3 aromatic rings. The molecule has 0 aliphatic carbocycles. The standard InChI is InChI=1S/C21H18N2O5S/c1-12-19(9-13-6-7-15-17(8-13)27-11-26-15)29-21(22-12)23-20(24)18-10-25-14-4-2-3-5-16(14)28-18/h2-8,18H,9-11H2,1H3,(H,22,23,24)/t18-/m1/s1. The summed E-state index contributed by atoms with van der Waals surface area (Å²) in [5, 5.41) is 3.40. The van der Waals surface area contributed by atoms with Gasteiger partial charge < -0.3 is 18.9 Å². The lowest BCUT2D eigenvalue weighted by Crippen LogP contribution is -2.40. The second-order valence-corrected chi connectivity index (χ2v) is 7.83. The maximum atomic E-state index is 12.6. The summed E-state index contributed by atoms with van der Waals surface area (Å²) in [6.07, 6.45) is -0.0155. The van der Waals surface area contributed by atoms with Crippen LogP contribution in [0.15, 0.2) is 42.5 Å². The molecule has 0 saturated heterocycles. The highest BCUT2D eigenvalue weighted by atomic mass is 32.1. The van der Waals surface area contributed by atoms with Crippen LogP contribution in [-0.2, 0) is 11.2 Å². The van der Waals surface area contributed by atoms with Gasteiger partial charge in [0.25, 0.3) is 5.91 Å². The summed E-state index contributed by atoms with van der Waals surface area (Å²) in [6, 6.07) is 13.2. The molecule has 1 atom stereocenters. The fourth-order valence-corrected chi connectivity index (χ4v) is 4.22. The lowest BCUT2D eigenvalue weighted by molar-refractivity contribution is -0.125. The van der Waals surface area contributed by atoms with Crippen molar-refractivity contribution < 1.29 is 23.7 Å². The number of anilines is 1. The number of hydrogen-bond donors (Lipinski definition) is 1. The molecule has 1 aromatic heterocycles. The summed E-state index contributed by atoms with van der Waals surface area (Å²) >= 11 is 1.45. The van der Waals surface area contributed by atoms with E-state index >= 15 is 0 Å². The molecule has 5 rings (SSSR count). The zero-order valence-electron chi connectivity index (χ0n) is 15.6. The molecule has 0 radical (unpaired) electrons. The van der Waals surface area contributed by atoms with E-state index in [-0.39, 0.29) is 19.3 Å². The summed E-state index contributed by atoms with van der Waals surface area (Å²) in [5.41, 5.74) is 1.98. The number of benzene rings is 2. The number of rotatable bonds is 4. The van der Waals surface area contributed by atoms with Crippen LogP contribution in [0.25, 0.3) is 0 Å².